The van der Waals surface area contributed by atoms with Crippen molar-refractivity contribution in [3.8, 4) is 0 Å². The van der Waals surface area contributed by atoms with Gasteiger partial charge in [0.15, 0.2) is 0 Å². The van der Waals surface area contributed by atoms with Crippen molar-refractivity contribution in [1.82, 2.24) is 0 Å². The van der Waals surface area contributed by atoms with Crippen LogP contribution >= 0.6 is 11.6 Å². The standard InChI is InChI=1S/C15H14ClNO4S/c1-11-9-12(16)7-8-14(11)17(10-15(18)19)22(20,21)13-5-3-2-4-6-13/h2-9H,10H2,1H3,(H,18,19). The number of hydrogen-bond acceptors (Lipinski definition) is 3. The van der Waals surface area contributed by atoms with Crippen LogP contribution in [0, 0.1) is 6.92 Å². The van der Waals surface area contributed by atoms with Gasteiger partial charge in [-0.25, -0.2) is 8.42 Å². The summed E-state index contributed by atoms with van der Waals surface area (Å²) in [4.78, 5) is 11.1. The number of aryl methyl sites for hydroxylation is 1. The SMILES string of the molecule is Cc1cc(Cl)ccc1N(CC(=O)O)S(=O)(=O)c1ccccc1. The van der Waals surface area contributed by atoms with Gasteiger partial charge in [-0.2, -0.15) is 0 Å². The average molecular weight is 340 g/mol. The smallest absolute Gasteiger partial charge is 0.324 e. The van der Waals surface area contributed by atoms with E-state index in [1.165, 1.54) is 24.3 Å². The number of carboxylic acid groups (broad SMARTS) is 1. The van der Waals surface area contributed by atoms with Gasteiger partial charge in [0.05, 0.1) is 10.6 Å². The summed E-state index contributed by atoms with van der Waals surface area (Å²) in [6, 6.07) is 12.3. The fraction of sp³-hybridized carbons (Fsp3) is 0.133. The van der Waals surface area contributed by atoms with Crippen LogP contribution in [0.4, 0.5) is 5.69 Å². The van der Waals surface area contributed by atoms with Gasteiger partial charge < -0.3 is 5.11 Å². The minimum absolute atomic E-state index is 0.0330. The van der Waals surface area contributed by atoms with E-state index in [0.717, 1.165) is 4.31 Å². The minimum atomic E-state index is -3.98. The minimum Gasteiger partial charge on any atom is -0.480 e. The number of sulfonamides is 1. The first-order chi connectivity index (χ1) is 10.3. The normalized spacial score (nSPS) is 11.2. The van der Waals surface area contributed by atoms with Gasteiger partial charge in [-0.3, -0.25) is 9.10 Å². The van der Waals surface area contributed by atoms with Gasteiger partial charge >= 0.3 is 5.97 Å². The Hall–Kier alpha value is -2.05. The van der Waals surface area contributed by atoms with Crippen LogP contribution in [0.5, 0.6) is 0 Å². The Morgan fingerprint density at radius 3 is 2.36 bits per heavy atom. The number of halogens is 1. The van der Waals surface area contributed by atoms with Crippen LogP contribution in [0.2, 0.25) is 5.02 Å². The first-order valence-corrected chi connectivity index (χ1v) is 8.20. The fourth-order valence-electron chi connectivity index (χ4n) is 2.04. The van der Waals surface area contributed by atoms with Gasteiger partial charge in [0.25, 0.3) is 10.0 Å². The highest BCUT2D eigenvalue weighted by atomic mass is 35.5. The van der Waals surface area contributed by atoms with Gasteiger partial charge in [0.2, 0.25) is 0 Å². The van der Waals surface area contributed by atoms with Gasteiger partial charge in [0, 0.05) is 5.02 Å². The highest BCUT2D eigenvalue weighted by Crippen LogP contribution is 2.28. The van der Waals surface area contributed by atoms with Crippen LogP contribution in [0.15, 0.2) is 53.4 Å². The molecule has 0 aliphatic carbocycles. The fourth-order valence-corrected chi connectivity index (χ4v) is 3.77. The zero-order valence-electron chi connectivity index (χ0n) is 11.7. The summed E-state index contributed by atoms with van der Waals surface area (Å²) >= 11 is 5.87. The van der Waals surface area contributed by atoms with Gasteiger partial charge in [0.1, 0.15) is 6.54 Å². The van der Waals surface area contributed by atoms with E-state index in [4.69, 9.17) is 16.7 Å². The van der Waals surface area contributed by atoms with E-state index in [9.17, 15) is 13.2 Å². The number of rotatable bonds is 5. The van der Waals surface area contributed by atoms with E-state index in [2.05, 4.69) is 0 Å². The quantitative estimate of drug-likeness (QED) is 0.908. The van der Waals surface area contributed by atoms with Crippen LogP contribution in [0.25, 0.3) is 0 Å². The molecule has 0 fully saturated rings. The van der Waals surface area contributed by atoms with Crippen molar-refractivity contribution in [3.63, 3.8) is 0 Å². The van der Waals surface area contributed by atoms with E-state index >= 15 is 0 Å². The predicted octanol–water partition coefficient (Wildman–Crippen LogP) is 2.93. The number of carbonyl (C=O) groups is 1. The van der Waals surface area contributed by atoms with E-state index in [1.807, 2.05) is 0 Å². The van der Waals surface area contributed by atoms with Gasteiger partial charge in [-0.1, -0.05) is 29.8 Å². The number of hydrogen-bond donors (Lipinski definition) is 1. The van der Waals surface area contributed by atoms with Crippen molar-refractivity contribution < 1.29 is 18.3 Å². The van der Waals surface area contributed by atoms with E-state index in [1.54, 1.807) is 31.2 Å². The average Bonchev–Trinajstić information content (AvgIpc) is 2.46. The zero-order chi connectivity index (χ0) is 16.3. The number of nitrogens with zero attached hydrogens (tertiary/aromatic N) is 1. The lowest BCUT2D eigenvalue weighted by atomic mass is 10.2. The molecular formula is C15H14ClNO4S. The molecular weight excluding hydrogens is 326 g/mol. The third-order valence-corrected chi connectivity index (χ3v) is 5.05. The Morgan fingerprint density at radius 1 is 1.18 bits per heavy atom. The van der Waals surface area contributed by atoms with Gasteiger partial charge in [-0.15, -0.1) is 0 Å². The Morgan fingerprint density at radius 2 is 1.82 bits per heavy atom. The lowest BCUT2D eigenvalue weighted by Crippen LogP contribution is -2.36. The van der Waals surface area contributed by atoms with E-state index in [0.29, 0.717) is 10.6 Å². The summed E-state index contributed by atoms with van der Waals surface area (Å²) in [5, 5.41) is 9.52. The van der Waals surface area contributed by atoms with Crippen molar-refractivity contribution in [1.29, 1.82) is 0 Å². The lowest BCUT2D eigenvalue weighted by Gasteiger charge is -2.24. The highest BCUT2D eigenvalue weighted by Gasteiger charge is 2.27. The molecule has 0 radical (unpaired) electrons. The molecule has 116 valence electrons. The van der Waals surface area contributed by atoms with Gasteiger partial charge in [-0.05, 0) is 42.8 Å². The first-order valence-electron chi connectivity index (χ1n) is 6.38. The molecule has 5 nitrogen and oxygen atoms in total. The molecule has 2 rings (SSSR count). The Kier molecular flexibility index (Phi) is 4.73. The second kappa shape index (κ2) is 6.37. The topological polar surface area (TPSA) is 74.7 Å². The monoisotopic (exact) mass is 339 g/mol. The van der Waals surface area contributed by atoms with Crippen LogP contribution in [0.3, 0.4) is 0 Å². The maximum atomic E-state index is 12.7. The molecule has 0 aliphatic heterocycles. The van der Waals surface area contributed by atoms with E-state index < -0.39 is 22.5 Å². The molecule has 0 saturated heterocycles. The van der Waals surface area contributed by atoms with Crippen molar-refractivity contribution >= 4 is 33.3 Å². The third-order valence-electron chi connectivity index (χ3n) is 3.04. The third kappa shape index (κ3) is 3.40. The number of aliphatic carboxylic acids is 1. The predicted molar refractivity (Wildman–Crippen MR) is 84.8 cm³/mol. The van der Waals surface area contributed by atoms with Crippen LogP contribution in [-0.2, 0) is 14.8 Å². The number of carboxylic acids is 1. The molecule has 0 aliphatic rings. The van der Waals surface area contributed by atoms with Crippen molar-refractivity contribution in [2.75, 3.05) is 10.8 Å². The molecule has 1 N–H and O–H groups in total. The summed E-state index contributed by atoms with van der Waals surface area (Å²) in [7, 11) is -3.98. The Balaban J connectivity index is 2.58. The van der Waals surface area contributed by atoms with Crippen molar-refractivity contribution in [3.05, 3.63) is 59.1 Å². The molecule has 0 unspecified atom stereocenters. The highest BCUT2D eigenvalue weighted by molar-refractivity contribution is 7.92. The van der Waals surface area contributed by atoms with E-state index in [-0.39, 0.29) is 10.6 Å². The van der Waals surface area contributed by atoms with Crippen molar-refractivity contribution in [2.24, 2.45) is 0 Å². The molecule has 0 spiro atoms. The number of anilines is 1. The molecule has 0 atom stereocenters. The molecule has 0 bridgehead atoms. The maximum Gasteiger partial charge on any atom is 0.324 e. The maximum absolute atomic E-state index is 12.7. The van der Waals surface area contributed by atoms with Crippen LogP contribution in [-0.4, -0.2) is 26.0 Å². The second-order valence-corrected chi connectivity index (χ2v) is 6.95. The molecule has 0 aromatic heterocycles. The molecule has 7 heteroatoms. The summed E-state index contributed by atoms with van der Waals surface area (Å²) in [6.45, 7) is 1.01. The first kappa shape index (κ1) is 16.3. The summed E-state index contributed by atoms with van der Waals surface area (Å²) in [5.41, 5.74) is 0.865. The van der Waals surface area contributed by atoms with Crippen molar-refractivity contribution in [2.45, 2.75) is 11.8 Å². The molecule has 2 aromatic carbocycles. The summed E-state index contributed by atoms with van der Waals surface area (Å²) in [5.74, 6) is -1.24. The zero-order valence-corrected chi connectivity index (χ0v) is 13.3. The summed E-state index contributed by atoms with van der Waals surface area (Å²) in [6.07, 6.45) is 0. The molecule has 0 heterocycles. The molecule has 0 saturated carbocycles. The molecule has 2 aromatic rings. The van der Waals surface area contributed by atoms with Crippen LogP contribution < -0.4 is 4.31 Å². The lowest BCUT2D eigenvalue weighted by molar-refractivity contribution is -0.135. The molecule has 22 heavy (non-hydrogen) atoms. The molecule has 0 amide bonds. The van der Waals surface area contributed by atoms with Crippen LogP contribution in [0.1, 0.15) is 5.56 Å². The Labute approximate surface area is 133 Å². The second-order valence-electron chi connectivity index (χ2n) is 4.65. The summed E-state index contributed by atoms with van der Waals surface area (Å²) < 4.78 is 26.3. The largest absolute Gasteiger partial charge is 0.480 e. The Bertz CT molecular complexity index is 790. The number of benzene rings is 2.